The fourth-order valence-corrected chi connectivity index (χ4v) is 3.42. The number of hydrogen-bond acceptors (Lipinski definition) is 7. The molecule has 0 aliphatic rings. The number of nitrogens with two attached hydrogens (primary N) is 1. The minimum Gasteiger partial charge on any atom is -0.484 e. The highest BCUT2D eigenvalue weighted by Gasteiger charge is 2.18. The molecule has 39 heavy (non-hydrogen) atoms. The Hall–Kier alpha value is -4.48. The minimum absolute atomic E-state index is 0.0899. The van der Waals surface area contributed by atoms with Gasteiger partial charge < -0.3 is 31.3 Å². The van der Waals surface area contributed by atoms with Gasteiger partial charge in [0.2, 0.25) is 0 Å². The Labute approximate surface area is 231 Å². The Morgan fingerprint density at radius 3 is 2.36 bits per heavy atom. The second-order valence-corrected chi connectivity index (χ2v) is 9.01. The van der Waals surface area contributed by atoms with Crippen molar-refractivity contribution in [3.05, 3.63) is 82.5 Å². The zero-order valence-corrected chi connectivity index (χ0v) is 22.3. The standard InChI is InChI=1S/C27H30ClN7O4/c1-35(2)25(30)17-4-6-18(7-5-17)26(37)33-22-10-9-20(39-16-24(36)31-13-3-12-29)14-21(22)27(38)34-23-11-8-19(28)15-32-23/h4-11,14-15,30H,3,12-13,16,29H2,1-2H3,(H,31,36)(H,33,37)(H,32,34,38). The summed E-state index contributed by atoms with van der Waals surface area (Å²) in [5, 5.41) is 16.6. The van der Waals surface area contributed by atoms with Crippen LogP contribution in [-0.2, 0) is 4.79 Å². The van der Waals surface area contributed by atoms with Crippen molar-refractivity contribution in [3.63, 3.8) is 0 Å². The summed E-state index contributed by atoms with van der Waals surface area (Å²) in [5.41, 5.74) is 6.73. The van der Waals surface area contributed by atoms with Crippen LogP contribution < -0.4 is 26.4 Å². The molecule has 0 aliphatic heterocycles. The lowest BCUT2D eigenvalue weighted by Gasteiger charge is -2.15. The highest BCUT2D eigenvalue weighted by Crippen LogP contribution is 2.24. The number of carbonyl (C=O) groups is 3. The van der Waals surface area contributed by atoms with E-state index in [0.717, 1.165) is 0 Å². The van der Waals surface area contributed by atoms with Gasteiger partial charge in [-0.25, -0.2) is 4.98 Å². The molecule has 0 fully saturated rings. The summed E-state index contributed by atoms with van der Waals surface area (Å²) in [4.78, 5) is 43.9. The van der Waals surface area contributed by atoms with Crippen LogP contribution in [0.4, 0.5) is 11.5 Å². The molecule has 2 aromatic carbocycles. The van der Waals surface area contributed by atoms with Crippen molar-refractivity contribution in [3.8, 4) is 5.75 Å². The number of rotatable bonds is 11. The van der Waals surface area contributed by atoms with Gasteiger partial charge in [-0.05, 0) is 55.4 Å². The van der Waals surface area contributed by atoms with Gasteiger partial charge in [-0.2, -0.15) is 0 Å². The average molecular weight is 552 g/mol. The predicted molar refractivity (Wildman–Crippen MR) is 151 cm³/mol. The molecule has 11 nitrogen and oxygen atoms in total. The predicted octanol–water partition coefficient (Wildman–Crippen LogP) is 2.97. The zero-order valence-electron chi connectivity index (χ0n) is 21.6. The van der Waals surface area contributed by atoms with Gasteiger partial charge in [-0.3, -0.25) is 19.8 Å². The molecule has 0 bridgehead atoms. The lowest BCUT2D eigenvalue weighted by Crippen LogP contribution is -2.30. The monoisotopic (exact) mass is 551 g/mol. The van der Waals surface area contributed by atoms with Crippen LogP contribution in [0.25, 0.3) is 0 Å². The van der Waals surface area contributed by atoms with Crippen LogP contribution in [0.5, 0.6) is 5.75 Å². The number of nitrogens with zero attached hydrogens (tertiary/aromatic N) is 2. The van der Waals surface area contributed by atoms with E-state index in [4.69, 9.17) is 27.5 Å². The first-order valence-corrected chi connectivity index (χ1v) is 12.4. The molecule has 3 amide bonds. The van der Waals surface area contributed by atoms with Crippen LogP contribution in [0.2, 0.25) is 5.02 Å². The van der Waals surface area contributed by atoms with Crippen molar-refractivity contribution in [2.75, 3.05) is 44.4 Å². The van der Waals surface area contributed by atoms with Gasteiger partial charge in [0.25, 0.3) is 17.7 Å². The van der Waals surface area contributed by atoms with Crippen molar-refractivity contribution in [1.82, 2.24) is 15.2 Å². The summed E-state index contributed by atoms with van der Waals surface area (Å²) in [6.07, 6.45) is 2.03. The van der Waals surface area contributed by atoms with Crippen molar-refractivity contribution >= 4 is 46.7 Å². The maximum absolute atomic E-state index is 13.2. The lowest BCUT2D eigenvalue weighted by molar-refractivity contribution is -0.123. The lowest BCUT2D eigenvalue weighted by atomic mass is 10.1. The van der Waals surface area contributed by atoms with Gasteiger partial charge in [0.1, 0.15) is 17.4 Å². The molecule has 3 rings (SSSR count). The van der Waals surface area contributed by atoms with Gasteiger partial charge in [0.05, 0.1) is 16.3 Å². The van der Waals surface area contributed by atoms with E-state index in [1.807, 2.05) is 0 Å². The first-order chi connectivity index (χ1) is 18.7. The van der Waals surface area contributed by atoms with Gasteiger partial charge in [0.15, 0.2) is 6.61 Å². The van der Waals surface area contributed by atoms with E-state index in [2.05, 4.69) is 20.9 Å². The maximum Gasteiger partial charge on any atom is 0.259 e. The van der Waals surface area contributed by atoms with Crippen LogP contribution >= 0.6 is 11.6 Å². The molecule has 0 atom stereocenters. The molecule has 0 unspecified atom stereocenters. The third-order valence-corrected chi connectivity index (χ3v) is 5.62. The van der Waals surface area contributed by atoms with Crippen molar-refractivity contribution in [2.24, 2.45) is 5.73 Å². The maximum atomic E-state index is 13.2. The SMILES string of the molecule is CN(C)C(=N)c1ccc(C(=O)Nc2ccc(OCC(=O)NCCCN)cc2C(=O)Nc2ccc(Cl)cn2)cc1. The number of carbonyl (C=O) groups excluding carboxylic acids is 3. The largest absolute Gasteiger partial charge is 0.484 e. The minimum atomic E-state index is -0.562. The van der Waals surface area contributed by atoms with E-state index >= 15 is 0 Å². The fourth-order valence-electron chi connectivity index (χ4n) is 3.31. The van der Waals surface area contributed by atoms with E-state index in [9.17, 15) is 14.4 Å². The Kier molecular flexibility index (Phi) is 10.4. The Morgan fingerprint density at radius 1 is 1.00 bits per heavy atom. The molecular weight excluding hydrogens is 522 g/mol. The van der Waals surface area contributed by atoms with Gasteiger partial charge in [0, 0.05) is 38.0 Å². The molecule has 3 aromatic rings. The van der Waals surface area contributed by atoms with Crippen LogP contribution in [0, 0.1) is 5.41 Å². The first kappa shape index (κ1) is 29.1. The molecule has 0 aliphatic carbocycles. The second kappa shape index (κ2) is 13.9. The van der Waals surface area contributed by atoms with E-state index in [0.29, 0.717) is 41.5 Å². The number of hydrogen-bond donors (Lipinski definition) is 5. The number of amidine groups is 1. The molecule has 1 aromatic heterocycles. The molecular formula is C27H30ClN7O4. The van der Waals surface area contributed by atoms with Crippen molar-refractivity contribution in [2.45, 2.75) is 6.42 Å². The molecule has 0 radical (unpaired) electrons. The smallest absolute Gasteiger partial charge is 0.259 e. The number of anilines is 2. The molecule has 12 heteroatoms. The highest BCUT2D eigenvalue weighted by atomic mass is 35.5. The van der Waals surface area contributed by atoms with Gasteiger partial charge in [-0.1, -0.05) is 23.7 Å². The summed E-state index contributed by atoms with van der Waals surface area (Å²) in [5.74, 6) is -0.533. The van der Waals surface area contributed by atoms with Crippen LogP contribution in [0.1, 0.15) is 32.7 Å². The Bertz CT molecular complexity index is 1330. The first-order valence-electron chi connectivity index (χ1n) is 12.0. The number of nitrogens with one attached hydrogen (secondary N) is 4. The number of pyridine rings is 1. The molecule has 0 saturated heterocycles. The summed E-state index contributed by atoms with van der Waals surface area (Å²) < 4.78 is 5.56. The Morgan fingerprint density at radius 2 is 1.72 bits per heavy atom. The number of benzene rings is 2. The van der Waals surface area contributed by atoms with Crippen molar-refractivity contribution < 1.29 is 19.1 Å². The molecule has 6 N–H and O–H groups in total. The summed E-state index contributed by atoms with van der Waals surface area (Å²) in [6, 6.07) is 14.1. The van der Waals surface area contributed by atoms with Gasteiger partial charge in [-0.15, -0.1) is 0 Å². The van der Waals surface area contributed by atoms with E-state index in [1.54, 1.807) is 55.4 Å². The third kappa shape index (κ3) is 8.52. The van der Waals surface area contributed by atoms with Crippen LogP contribution in [-0.4, -0.2) is 67.2 Å². The molecule has 1 heterocycles. The topological polar surface area (TPSA) is 163 Å². The van der Waals surface area contributed by atoms with E-state index in [-0.39, 0.29) is 35.3 Å². The Balaban J connectivity index is 1.81. The van der Waals surface area contributed by atoms with E-state index in [1.165, 1.54) is 24.4 Å². The average Bonchev–Trinajstić information content (AvgIpc) is 2.93. The fraction of sp³-hybridized carbons (Fsp3) is 0.222. The number of amides is 3. The quantitative estimate of drug-likeness (QED) is 0.139. The molecule has 204 valence electrons. The normalized spacial score (nSPS) is 10.4. The molecule has 0 saturated carbocycles. The summed E-state index contributed by atoms with van der Waals surface area (Å²) in [7, 11) is 3.52. The van der Waals surface area contributed by atoms with Crippen LogP contribution in [0.3, 0.4) is 0 Å². The second-order valence-electron chi connectivity index (χ2n) is 8.58. The highest BCUT2D eigenvalue weighted by molar-refractivity contribution is 6.30. The summed E-state index contributed by atoms with van der Waals surface area (Å²) >= 11 is 5.88. The number of ether oxygens (including phenoxy) is 1. The summed E-state index contributed by atoms with van der Waals surface area (Å²) in [6.45, 7) is 0.631. The van der Waals surface area contributed by atoms with Crippen LogP contribution in [0.15, 0.2) is 60.8 Å². The molecule has 0 spiro atoms. The van der Waals surface area contributed by atoms with Crippen molar-refractivity contribution in [1.29, 1.82) is 5.41 Å². The number of halogens is 1. The number of aromatic nitrogens is 1. The third-order valence-electron chi connectivity index (χ3n) is 5.39. The zero-order chi connectivity index (χ0) is 28.4. The van der Waals surface area contributed by atoms with E-state index < -0.39 is 11.8 Å². The van der Waals surface area contributed by atoms with Gasteiger partial charge >= 0.3 is 0 Å².